The fraction of sp³-hybridized carbons (Fsp3) is 0.471. The lowest BCUT2D eigenvalue weighted by molar-refractivity contribution is -0.138. The number of halogens is 3. The van der Waals surface area contributed by atoms with Crippen molar-refractivity contribution >= 4 is 23.5 Å². The van der Waals surface area contributed by atoms with E-state index in [4.69, 9.17) is 0 Å². The molecule has 0 saturated carbocycles. The van der Waals surface area contributed by atoms with E-state index < -0.39 is 35.8 Å². The van der Waals surface area contributed by atoms with E-state index >= 15 is 0 Å². The third-order valence-corrected chi connectivity index (χ3v) is 5.32. The van der Waals surface area contributed by atoms with E-state index in [1.54, 1.807) is 11.8 Å². The van der Waals surface area contributed by atoms with Gasteiger partial charge in [0, 0.05) is 13.0 Å². The van der Waals surface area contributed by atoms with Crippen molar-refractivity contribution in [2.75, 3.05) is 11.4 Å². The predicted molar refractivity (Wildman–Crippen MR) is 84.2 cm³/mol. The molecule has 26 heavy (non-hydrogen) atoms. The second-order valence-corrected chi connectivity index (χ2v) is 6.71. The first-order chi connectivity index (χ1) is 12.2. The molecule has 1 aromatic rings. The molecule has 0 aliphatic carbocycles. The summed E-state index contributed by atoms with van der Waals surface area (Å²) in [4.78, 5) is 41.5. The minimum atomic E-state index is -4.57. The van der Waals surface area contributed by atoms with Crippen LogP contribution in [0.4, 0.5) is 23.7 Å². The molecule has 3 saturated heterocycles. The summed E-state index contributed by atoms with van der Waals surface area (Å²) in [6.45, 7) is 2.09. The fourth-order valence-electron chi connectivity index (χ4n) is 4.21. The monoisotopic (exact) mass is 367 g/mol. The number of fused-ring (bicyclic) bond motifs is 5. The Labute approximate surface area is 147 Å². The second-order valence-electron chi connectivity index (χ2n) is 6.71. The number of hydrogen-bond acceptors (Lipinski definition) is 3. The molecule has 3 aliphatic rings. The Bertz CT molecular complexity index is 810. The molecular weight excluding hydrogens is 351 g/mol. The molecule has 0 radical (unpaired) electrons. The Morgan fingerprint density at radius 2 is 2.00 bits per heavy atom. The third kappa shape index (κ3) is 2.22. The zero-order valence-corrected chi connectivity index (χ0v) is 13.9. The Hall–Kier alpha value is -2.58. The van der Waals surface area contributed by atoms with Crippen molar-refractivity contribution < 1.29 is 27.6 Å². The summed E-state index contributed by atoms with van der Waals surface area (Å²) >= 11 is 0. The summed E-state index contributed by atoms with van der Waals surface area (Å²) in [5.41, 5.74) is -1.02. The first kappa shape index (κ1) is 16.9. The maximum absolute atomic E-state index is 13.0. The smallest absolute Gasteiger partial charge is 0.335 e. The SMILES string of the molecule is CCC(=O)N1CC2C[C@@H]1[C@@H]1C(=O)N(c3cccc(C(F)(F)F)c3)C(=O)N21. The van der Waals surface area contributed by atoms with Crippen LogP contribution in [0, 0.1) is 0 Å². The minimum Gasteiger partial charge on any atom is -0.335 e. The van der Waals surface area contributed by atoms with Gasteiger partial charge >= 0.3 is 12.2 Å². The lowest BCUT2D eigenvalue weighted by Gasteiger charge is -2.34. The molecule has 3 fully saturated rings. The van der Waals surface area contributed by atoms with Crippen molar-refractivity contribution in [3.63, 3.8) is 0 Å². The van der Waals surface area contributed by atoms with Crippen LogP contribution in [0.25, 0.3) is 0 Å². The van der Waals surface area contributed by atoms with Crippen LogP contribution in [0.2, 0.25) is 0 Å². The number of likely N-dealkylation sites (tertiary alicyclic amines) is 1. The number of carbonyl (C=O) groups is 3. The van der Waals surface area contributed by atoms with Crippen molar-refractivity contribution in [2.45, 2.75) is 44.1 Å². The van der Waals surface area contributed by atoms with Gasteiger partial charge in [0.15, 0.2) is 0 Å². The highest BCUT2D eigenvalue weighted by Crippen LogP contribution is 2.43. The predicted octanol–water partition coefficient (Wildman–Crippen LogP) is 2.24. The van der Waals surface area contributed by atoms with Crippen molar-refractivity contribution in [1.29, 1.82) is 0 Å². The van der Waals surface area contributed by atoms with Crippen LogP contribution < -0.4 is 4.90 Å². The van der Waals surface area contributed by atoms with Gasteiger partial charge in [0.2, 0.25) is 5.91 Å². The van der Waals surface area contributed by atoms with Crippen LogP contribution in [-0.4, -0.2) is 52.3 Å². The number of rotatable bonds is 2. The lowest BCUT2D eigenvalue weighted by atomic mass is 10.1. The number of carbonyl (C=O) groups excluding carboxylic acids is 3. The number of imide groups is 1. The number of piperazine rings is 1. The molecule has 9 heteroatoms. The summed E-state index contributed by atoms with van der Waals surface area (Å²) in [5.74, 6) is -0.662. The quantitative estimate of drug-likeness (QED) is 0.754. The highest BCUT2D eigenvalue weighted by molar-refractivity contribution is 6.22. The molecule has 1 aromatic carbocycles. The molecule has 3 atom stereocenters. The maximum Gasteiger partial charge on any atom is 0.416 e. The lowest BCUT2D eigenvalue weighted by Crippen LogP contribution is -2.54. The van der Waals surface area contributed by atoms with Crippen LogP contribution in [0.15, 0.2) is 24.3 Å². The van der Waals surface area contributed by atoms with E-state index in [1.165, 1.54) is 17.0 Å². The second kappa shape index (κ2) is 5.46. The Morgan fingerprint density at radius 1 is 1.27 bits per heavy atom. The van der Waals surface area contributed by atoms with Gasteiger partial charge in [-0.15, -0.1) is 0 Å². The number of alkyl halides is 3. The zero-order chi connectivity index (χ0) is 18.8. The van der Waals surface area contributed by atoms with Gasteiger partial charge in [-0.1, -0.05) is 13.0 Å². The average molecular weight is 367 g/mol. The van der Waals surface area contributed by atoms with E-state index in [0.717, 1.165) is 17.0 Å². The molecule has 4 amide bonds. The number of anilines is 1. The Balaban J connectivity index is 1.67. The van der Waals surface area contributed by atoms with Crippen LogP contribution in [0.5, 0.6) is 0 Å². The first-order valence-corrected chi connectivity index (χ1v) is 8.37. The van der Waals surface area contributed by atoms with Crippen LogP contribution in [0.1, 0.15) is 25.3 Å². The number of benzene rings is 1. The molecule has 1 unspecified atom stereocenters. The van der Waals surface area contributed by atoms with E-state index in [2.05, 4.69) is 0 Å². The summed E-state index contributed by atoms with van der Waals surface area (Å²) in [5, 5.41) is 0. The van der Waals surface area contributed by atoms with Crippen LogP contribution in [0.3, 0.4) is 0 Å². The molecule has 2 bridgehead atoms. The van der Waals surface area contributed by atoms with Gasteiger partial charge in [-0.3, -0.25) is 9.59 Å². The van der Waals surface area contributed by atoms with Gasteiger partial charge in [0.25, 0.3) is 5.91 Å². The molecule has 0 spiro atoms. The van der Waals surface area contributed by atoms with Crippen LogP contribution >= 0.6 is 0 Å². The molecule has 0 aromatic heterocycles. The number of hydrogen-bond donors (Lipinski definition) is 0. The summed E-state index contributed by atoms with van der Waals surface area (Å²) in [6.07, 6.45) is -3.74. The molecule has 138 valence electrons. The van der Waals surface area contributed by atoms with Gasteiger partial charge in [0.1, 0.15) is 6.04 Å². The largest absolute Gasteiger partial charge is 0.416 e. The topological polar surface area (TPSA) is 60.9 Å². The van der Waals surface area contributed by atoms with Gasteiger partial charge in [-0.25, -0.2) is 9.69 Å². The zero-order valence-electron chi connectivity index (χ0n) is 13.9. The van der Waals surface area contributed by atoms with Gasteiger partial charge in [0.05, 0.1) is 23.3 Å². The van der Waals surface area contributed by atoms with Gasteiger partial charge in [-0.2, -0.15) is 13.2 Å². The van der Waals surface area contributed by atoms with E-state index in [0.29, 0.717) is 19.4 Å². The van der Waals surface area contributed by atoms with Crippen molar-refractivity contribution in [2.24, 2.45) is 0 Å². The Morgan fingerprint density at radius 3 is 2.65 bits per heavy atom. The van der Waals surface area contributed by atoms with E-state index in [-0.39, 0.29) is 17.6 Å². The van der Waals surface area contributed by atoms with Crippen molar-refractivity contribution in [1.82, 2.24) is 9.80 Å². The summed E-state index contributed by atoms with van der Waals surface area (Å²) in [7, 11) is 0. The molecule has 6 nitrogen and oxygen atoms in total. The van der Waals surface area contributed by atoms with E-state index in [9.17, 15) is 27.6 Å². The normalized spacial score (nSPS) is 27.5. The molecule has 0 N–H and O–H groups in total. The van der Waals surface area contributed by atoms with Gasteiger partial charge < -0.3 is 9.80 Å². The standard InChI is InChI=1S/C17H16F3N3O3/c1-2-13(24)21-8-11-7-12(21)14-15(25)23(16(26)22(11)14)10-5-3-4-9(6-10)17(18,19)20/h3-6,11-12,14H,2,7-8H2,1H3/t11?,12-,14-/m1/s1. The number of nitrogens with zero attached hydrogens (tertiary/aromatic N) is 3. The summed E-state index contributed by atoms with van der Waals surface area (Å²) in [6, 6.07) is 2.07. The molecule has 3 aliphatic heterocycles. The highest BCUT2D eigenvalue weighted by atomic mass is 19.4. The molecular formula is C17H16F3N3O3. The van der Waals surface area contributed by atoms with Gasteiger partial charge in [-0.05, 0) is 24.6 Å². The van der Waals surface area contributed by atoms with Crippen LogP contribution in [-0.2, 0) is 15.8 Å². The molecule has 4 rings (SSSR count). The summed E-state index contributed by atoms with van der Waals surface area (Å²) < 4.78 is 38.9. The minimum absolute atomic E-state index is 0.0880. The average Bonchev–Trinajstić information content (AvgIpc) is 3.25. The van der Waals surface area contributed by atoms with Crippen molar-refractivity contribution in [3.05, 3.63) is 29.8 Å². The fourth-order valence-corrected chi connectivity index (χ4v) is 4.21. The van der Waals surface area contributed by atoms with E-state index in [1.807, 2.05) is 0 Å². The molecule has 3 heterocycles. The third-order valence-electron chi connectivity index (χ3n) is 5.32. The Kier molecular flexibility index (Phi) is 3.54. The first-order valence-electron chi connectivity index (χ1n) is 8.37. The van der Waals surface area contributed by atoms with Crippen molar-refractivity contribution in [3.8, 4) is 0 Å². The number of amides is 4. The maximum atomic E-state index is 13.0. The highest BCUT2D eigenvalue weighted by Gasteiger charge is 2.62. The number of urea groups is 1.